The fourth-order valence-corrected chi connectivity index (χ4v) is 3.13. The molecule has 0 aliphatic rings. The van der Waals surface area contributed by atoms with E-state index in [9.17, 15) is 14.6 Å². The van der Waals surface area contributed by atoms with Crippen molar-refractivity contribution in [1.29, 1.82) is 0 Å². The Morgan fingerprint density at radius 3 is 2.50 bits per heavy atom. The van der Waals surface area contributed by atoms with Crippen molar-refractivity contribution in [2.45, 2.75) is 12.3 Å². The quantitative estimate of drug-likeness (QED) is 0.816. The molecule has 2 aromatic rings. The van der Waals surface area contributed by atoms with Gasteiger partial charge >= 0.3 is 0 Å². The lowest BCUT2D eigenvalue weighted by atomic mass is 10.2. The van der Waals surface area contributed by atoms with Crippen molar-refractivity contribution in [2.24, 2.45) is 0 Å². The van der Waals surface area contributed by atoms with E-state index in [1.54, 1.807) is 42.5 Å². The molecule has 2 atom stereocenters. The van der Waals surface area contributed by atoms with Crippen LogP contribution in [0.2, 0.25) is 0 Å². The molecular formula is C13H15O4P. The first-order valence-electron chi connectivity index (χ1n) is 5.66. The van der Waals surface area contributed by atoms with E-state index in [4.69, 9.17) is 4.42 Å². The fourth-order valence-electron chi connectivity index (χ4n) is 1.71. The van der Waals surface area contributed by atoms with Gasteiger partial charge in [0.1, 0.15) is 5.76 Å². The van der Waals surface area contributed by atoms with Gasteiger partial charge in [0.05, 0.1) is 6.26 Å². The summed E-state index contributed by atoms with van der Waals surface area (Å²) in [6, 6.07) is 12.0. The number of furan rings is 1. The highest BCUT2D eigenvalue weighted by atomic mass is 31.2. The summed E-state index contributed by atoms with van der Waals surface area (Å²) in [4.78, 5) is 9.90. The molecule has 1 heterocycles. The Morgan fingerprint density at radius 2 is 1.89 bits per heavy atom. The molecule has 0 saturated heterocycles. The monoisotopic (exact) mass is 266 g/mol. The fraction of sp³-hybridized carbons (Fsp3) is 0.231. The average molecular weight is 266 g/mol. The molecule has 0 bridgehead atoms. The van der Waals surface area contributed by atoms with Crippen molar-refractivity contribution in [3.8, 4) is 0 Å². The lowest BCUT2D eigenvalue weighted by molar-refractivity contribution is 0.234. The molecule has 1 aromatic heterocycles. The van der Waals surface area contributed by atoms with Crippen molar-refractivity contribution < 1.29 is 19.0 Å². The molecule has 0 fully saturated rings. The molecular weight excluding hydrogens is 251 g/mol. The molecule has 2 N–H and O–H groups in total. The third kappa shape index (κ3) is 3.10. The van der Waals surface area contributed by atoms with Crippen LogP contribution in [0, 0.1) is 0 Å². The topological polar surface area (TPSA) is 70.7 Å². The van der Waals surface area contributed by atoms with Gasteiger partial charge in [0.25, 0.3) is 0 Å². The first-order chi connectivity index (χ1) is 8.59. The molecule has 0 spiro atoms. The molecule has 0 saturated carbocycles. The van der Waals surface area contributed by atoms with Gasteiger partial charge in [-0.25, -0.2) is 0 Å². The Kier molecular flexibility index (Phi) is 4.02. The van der Waals surface area contributed by atoms with E-state index < -0.39 is 13.2 Å². The minimum atomic E-state index is -3.65. The SMILES string of the molecule is O=P(O)(CCc1ccco1)[C@@H](O)c1ccccc1. The highest BCUT2D eigenvalue weighted by molar-refractivity contribution is 7.58. The van der Waals surface area contributed by atoms with Crippen LogP contribution in [0.5, 0.6) is 0 Å². The predicted octanol–water partition coefficient (Wildman–Crippen LogP) is 2.78. The highest BCUT2D eigenvalue weighted by Gasteiger charge is 2.30. The second-order valence-corrected chi connectivity index (χ2v) is 6.54. The highest BCUT2D eigenvalue weighted by Crippen LogP contribution is 2.54. The molecule has 18 heavy (non-hydrogen) atoms. The minimum Gasteiger partial charge on any atom is -0.469 e. The van der Waals surface area contributed by atoms with Crippen LogP contribution in [0.25, 0.3) is 0 Å². The first-order valence-corrected chi connectivity index (χ1v) is 7.58. The number of aliphatic hydroxyl groups excluding tert-OH is 1. The van der Waals surface area contributed by atoms with Crippen LogP contribution in [-0.4, -0.2) is 16.2 Å². The zero-order chi connectivity index (χ0) is 13.0. The van der Waals surface area contributed by atoms with Gasteiger partial charge < -0.3 is 14.4 Å². The van der Waals surface area contributed by atoms with E-state index in [2.05, 4.69) is 0 Å². The lowest BCUT2D eigenvalue weighted by Gasteiger charge is -2.18. The van der Waals surface area contributed by atoms with Crippen LogP contribution in [0.1, 0.15) is 17.2 Å². The summed E-state index contributed by atoms with van der Waals surface area (Å²) in [5, 5.41) is 9.93. The number of aliphatic hydroxyl groups is 1. The van der Waals surface area contributed by atoms with E-state index in [1.165, 1.54) is 6.26 Å². The number of hydrogen-bond acceptors (Lipinski definition) is 3. The van der Waals surface area contributed by atoms with Crippen LogP contribution < -0.4 is 0 Å². The summed E-state index contributed by atoms with van der Waals surface area (Å²) < 4.78 is 17.2. The molecule has 0 aliphatic heterocycles. The van der Waals surface area contributed by atoms with Gasteiger partial charge in [0.15, 0.2) is 5.85 Å². The van der Waals surface area contributed by atoms with Crippen LogP contribution >= 0.6 is 7.37 Å². The third-order valence-electron chi connectivity index (χ3n) is 2.74. The van der Waals surface area contributed by atoms with Gasteiger partial charge in [-0.15, -0.1) is 0 Å². The Bertz CT molecular complexity index is 521. The van der Waals surface area contributed by atoms with Crippen molar-refractivity contribution in [3.05, 3.63) is 60.1 Å². The van der Waals surface area contributed by atoms with E-state index in [0.717, 1.165) is 0 Å². The first kappa shape index (κ1) is 13.1. The molecule has 96 valence electrons. The van der Waals surface area contributed by atoms with E-state index >= 15 is 0 Å². The summed E-state index contributed by atoms with van der Waals surface area (Å²) in [5.41, 5.74) is 0.461. The Hall–Kier alpha value is -1.35. The van der Waals surface area contributed by atoms with E-state index in [-0.39, 0.29) is 6.16 Å². The maximum Gasteiger partial charge on any atom is 0.233 e. The summed E-state index contributed by atoms with van der Waals surface area (Å²) in [7, 11) is -3.65. The van der Waals surface area contributed by atoms with Crippen LogP contribution in [0.3, 0.4) is 0 Å². The second kappa shape index (κ2) is 5.53. The molecule has 0 radical (unpaired) electrons. The second-order valence-electron chi connectivity index (χ2n) is 4.09. The normalized spacial score (nSPS) is 16.1. The van der Waals surface area contributed by atoms with Crippen LogP contribution in [-0.2, 0) is 11.0 Å². The molecule has 0 amide bonds. The van der Waals surface area contributed by atoms with Crippen LogP contribution in [0.4, 0.5) is 0 Å². The van der Waals surface area contributed by atoms with E-state index in [0.29, 0.717) is 17.7 Å². The molecule has 2 rings (SSSR count). The Labute approximate surface area is 105 Å². The molecule has 1 aromatic carbocycles. The summed E-state index contributed by atoms with van der Waals surface area (Å²) in [5.74, 6) is -0.696. The maximum absolute atomic E-state index is 12.1. The number of hydrogen-bond donors (Lipinski definition) is 2. The van der Waals surface area contributed by atoms with Gasteiger partial charge in [0.2, 0.25) is 7.37 Å². The summed E-state index contributed by atoms with van der Waals surface area (Å²) >= 11 is 0. The van der Waals surface area contributed by atoms with Crippen molar-refractivity contribution in [2.75, 3.05) is 6.16 Å². The number of rotatable bonds is 5. The zero-order valence-corrected chi connectivity index (χ0v) is 10.7. The summed E-state index contributed by atoms with van der Waals surface area (Å²) in [6.07, 6.45) is 1.85. The molecule has 0 aliphatic carbocycles. The van der Waals surface area contributed by atoms with Crippen LogP contribution in [0.15, 0.2) is 53.1 Å². The van der Waals surface area contributed by atoms with Crippen molar-refractivity contribution in [1.82, 2.24) is 0 Å². The number of aryl methyl sites for hydroxylation is 1. The summed E-state index contributed by atoms with van der Waals surface area (Å²) in [6.45, 7) is 0. The van der Waals surface area contributed by atoms with E-state index in [1.807, 2.05) is 0 Å². The van der Waals surface area contributed by atoms with Gasteiger partial charge in [-0.05, 0) is 17.7 Å². The van der Waals surface area contributed by atoms with Crippen molar-refractivity contribution >= 4 is 7.37 Å². The lowest BCUT2D eigenvalue weighted by Crippen LogP contribution is -2.04. The molecule has 5 heteroatoms. The standard InChI is InChI=1S/C13H15O4P/c14-13(11-5-2-1-3-6-11)18(15,16)10-8-12-7-4-9-17-12/h1-7,9,13-14H,8,10H2,(H,15,16)/t13-/m1/s1. The predicted molar refractivity (Wildman–Crippen MR) is 68.5 cm³/mol. The number of benzene rings is 1. The van der Waals surface area contributed by atoms with Gasteiger partial charge in [-0.2, -0.15) is 0 Å². The Balaban J connectivity index is 2.04. The van der Waals surface area contributed by atoms with Crippen molar-refractivity contribution in [3.63, 3.8) is 0 Å². The Morgan fingerprint density at radius 1 is 1.17 bits per heavy atom. The average Bonchev–Trinajstić information content (AvgIpc) is 2.90. The molecule has 4 nitrogen and oxygen atoms in total. The maximum atomic E-state index is 12.1. The molecule has 1 unspecified atom stereocenters. The third-order valence-corrected chi connectivity index (χ3v) is 4.67. The largest absolute Gasteiger partial charge is 0.469 e. The van der Waals surface area contributed by atoms with Gasteiger partial charge in [0, 0.05) is 12.6 Å². The zero-order valence-electron chi connectivity index (χ0n) is 9.77. The minimum absolute atomic E-state index is 0.00340. The van der Waals surface area contributed by atoms with Gasteiger partial charge in [-0.1, -0.05) is 30.3 Å². The van der Waals surface area contributed by atoms with Gasteiger partial charge in [-0.3, -0.25) is 4.57 Å². The smallest absolute Gasteiger partial charge is 0.233 e.